The molecule has 1 saturated heterocycles. The van der Waals surface area contributed by atoms with E-state index in [1.54, 1.807) is 17.8 Å². The highest BCUT2D eigenvalue weighted by Crippen LogP contribution is 2.17. The second-order valence-corrected chi connectivity index (χ2v) is 7.59. The summed E-state index contributed by atoms with van der Waals surface area (Å²) in [4.78, 5) is 7.24. The van der Waals surface area contributed by atoms with Gasteiger partial charge in [-0.05, 0) is 81.8 Å². The lowest BCUT2D eigenvalue weighted by Gasteiger charge is -2.15. The van der Waals surface area contributed by atoms with Gasteiger partial charge < -0.3 is 15.5 Å². The number of hydrogen-bond donors (Lipinski definition) is 2. The Morgan fingerprint density at radius 2 is 2.00 bits per heavy atom. The van der Waals surface area contributed by atoms with Gasteiger partial charge in [-0.3, -0.25) is 0 Å². The van der Waals surface area contributed by atoms with Gasteiger partial charge in [-0.1, -0.05) is 6.07 Å². The molecule has 1 aromatic carbocycles. The molecule has 1 aliphatic heterocycles. The number of halogens is 1. The molecule has 1 aliphatic rings. The number of hydrogen-bond acceptors (Lipinski definition) is 3. The van der Waals surface area contributed by atoms with Crippen molar-refractivity contribution < 1.29 is 4.39 Å². The molecule has 0 radical (unpaired) electrons. The lowest BCUT2D eigenvalue weighted by molar-refractivity contribution is 0.330. The standard InChI is InChI=1S/C20H33FN4S/c1-3-22-20(23-10-4-5-11-25-12-6-7-13-25)24-15-17-8-9-19(21)14-18(17)16-26-2/h8-9,14H,3-7,10-13,15-16H2,1-2H3,(H2,22,23,24). The summed E-state index contributed by atoms with van der Waals surface area (Å²) in [6.45, 7) is 8.16. The van der Waals surface area contributed by atoms with Crippen molar-refractivity contribution in [2.45, 2.75) is 44.9 Å². The van der Waals surface area contributed by atoms with Crippen molar-refractivity contribution in [3.05, 3.63) is 35.1 Å². The quantitative estimate of drug-likeness (QED) is 0.369. The first kappa shape index (κ1) is 21.0. The average molecular weight is 381 g/mol. The van der Waals surface area contributed by atoms with E-state index in [9.17, 15) is 4.39 Å². The van der Waals surface area contributed by atoms with E-state index in [0.717, 1.165) is 42.3 Å². The van der Waals surface area contributed by atoms with E-state index in [4.69, 9.17) is 0 Å². The van der Waals surface area contributed by atoms with Crippen molar-refractivity contribution in [2.75, 3.05) is 39.0 Å². The van der Waals surface area contributed by atoms with Crippen LogP contribution in [0.1, 0.15) is 43.7 Å². The summed E-state index contributed by atoms with van der Waals surface area (Å²) in [5, 5.41) is 6.72. The van der Waals surface area contributed by atoms with Crippen LogP contribution >= 0.6 is 11.8 Å². The number of rotatable bonds is 10. The van der Waals surface area contributed by atoms with Gasteiger partial charge in [0.2, 0.25) is 0 Å². The van der Waals surface area contributed by atoms with Crippen LogP contribution in [-0.4, -0.2) is 49.8 Å². The summed E-state index contributed by atoms with van der Waals surface area (Å²) in [6, 6.07) is 5.00. The molecule has 146 valence electrons. The van der Waals surface area contributed by atoms with Gasteiger partial charge in [0.25, 0.3) is 0 Å². The van der Waals surface area contributed by atoms with Crippen LogP contribution in [0.4, 0.5) is 4.39 Å². The third kappa shape index (κ3) is 7.54. The number of aliphatic imine (C=N–C) groups is 1. The molecule has 4 nitrogen and oxygen atoms in total. The predicted molar refractivity (Wildman–Crippen MR) is 111 cm³/mol. The average Bonchev–Trinajstić information content (AvgIpc) is 3.14. The zero-order valence-electron chi connectivity index (χ0n) is 16.2. The van der Waals surface area contributed by atoms with Crippen LogP contribution < -0.4 is 10.6 Å². The highest BCUT2D eigenvalue weighted by atomic mass is 32.2. The summed E-state index contributed by atoms with van der Waals surface area (Å²) >= 11 is 1.70. The number of likely N-dealkylation sites (tertiary alicyclic amines) is 1. The fraction of sp³-hybridized carbons (Fsp3) is 0.650. The Hall–Kier alpha value is -1.27. The molecule has 1 aromatic rings. The lowest BCUT2D eigenvalue weighted by atomic mass is 10.1. The Morgan fingerprint density at radius 3 is 2.73 bits per heavy atom. The molecule has 2 rings (SSSR count). The minimum absolute atomic E-state index is 0.176. The number of guanidine groups is 1. The maximum Gasteiger partial charge on any atom is 0.191 e. The first-order valence-electron chi connectivity index (χ1n) is 9.73. The van der Waals surface area contributed by atoms with Crippen LogP contribution in [0.25, 0.3) is 0 Å². The van der Waals surface area contributed by atoms with Gasteiger partial charge in [-0.15, -0.1) is 0 Å². The molecular weight excluding hydrogens is 347 g/mol. The van der Waals surface area contributed by atoms with Crippen LogP contribution in [0, 0.1) is 5.82 Å². The van der Waals surface area contributed by atoms with Crippen LogP contribution in [0.15, 0.2) is 23.2 Å². The molecule has 6 heteroatoms. The lowest BCUT2D eigenvalue weighted by Crippen LogP contribution is -2.38. The van der Waals surface area contributed by atoms with E-state index in [2.05, 4.69) is 27.4 Å². The van der Waals surface area contributed by atoms with Gasteiger partial charge in [0.15, 0.2) is 5.96 Å². The monoisotopic (exact) mass is 380 g/mol. The van der Waals surface area contributed by atoms with E-state index in [1.165, 1.54) is 45.0 Å². The van der Waals surface area contributed by atoms with Crippen molar-refractivity contribution in [1.29, 1.82) is 0 Å². The van der Waals surface area contributed by atoms with E-state index >= 15 is 0 Å². The molecule has 26 heavy (non-hydrogen) atoms. The minimum atomic E-state index is -0.176. The summed E-state index contributed by atoms with van der Waals surface area (Å²) in [5.74, 6) is 1.47. The van der Waals surface area contributed by atoms with Gasteiger partial charge in [0.05, 0.1) is 6.54 Å². The fourth-order valence-corrected chi connectivity index (χ4v) is 3.80. The van der Waals surface area contributed by atoms with Crippen LogP contribution in [0.2, 0.25) is 0 Å². The Kier molecular flexibility index (Phi) is 9.85. The maximum atomic E-state index is 13.5. The molecule has 0 bridgehead atoms. The van der Waals surface area contributed by atoms with E-state index in [1.807, 2.05) is 12.3 Å². The SMILES string of the molecule is CCNC(=NCc1ccc(F)cc1CSC)NCCCCN1CCCC1. The molecule has 0 unspecified atom stereocenters. The second kappa shape index (κ2) is 12.2. The third-order valence-electron chi connectivity index (χ3n) is 4.61. The second-order valence-electron chi connectivity index (χ2n) is 6.72. The van der Waals surface area contributed by atoms with Gasteiger partial charge in [-0.25, -0.2) is 9.38 Å². The maximum absolute atomic E-state index is 13.5. The summed E-state index contributed by atoms with van der Waals surface area (Å²) in [5.41, 5.74) is 2.12. The number of nitrogens with zero attached hydrogens (tertiary/aromatic N) is 2. The van der Waals surface area contributed by atoms with Crippen molar-refractivity contribution in [3.63, 3.8) is 0 Å². The molecule has 1 fully saturated rings. The highest BCUT2D eigenvalue weighted by Gasteiger charge is 2.10. The van der Waals surface area contributed by atoms with Gasteiger partial charge in [-0.2, -0.15) is 11.8 Å². The molecule has 0 saturated carbocycles. The molecule has 0 aromatic heterocycles. The van der Waals surface area contributed by atoms with Crippen molar-refractivity contribution in [2.24, 2.45) is 4.99 Å². The van der Waals surface area contributed by atoms with Crippen molar-refractivity contribution in [1.82, 2.24) is 15.5 Å². The molecule has 2 N–H and O–H groups in total. The highest BCUT2D eigenvalue weighted by molar-refractivity contribution is 7.97. The molecule has 0 atom stereocenters. The van der Waals surface area contributed by atoms with Crippen LogP contribution in [0.5, 0.6) is 0 Å². The summed E-state index contributed by atoms with van der Waals surface area (Å²) in [6.07, 6.45) is 7.12. The largest absolute Gasteiger partial charge is 0.357 e. The number of nitrogens with one attached hydrogen (secondary N) is 2. The number of thioether (sulfide) groups is 1. The molecule has 0 amide bonds. The van der Waals surface area contributed by atoms with Crippen LogP contribution in [-0.2, 0) is 12.3 Å². The van der Waals surface area contributed by atoms with Crippen molar-refractivity contribution in [3.8, 4) is 0 Å². The fourth-order valence-electron chi connectivity index (χ4n) is 3.22. The van der Waals surface area contributed by atoms with Crippen molar-refractivity contribution >= 4 is 17.7 Å². The van der Waals surface area contributed by atoms with E-state index in [0.29, 0.717) is 6.54 Å². The first-order valence-corrected chi connectivity index (χ1v) is 11.1. The first-order chi connectivity index (χ1) is 12.7. The molecular formula is C20H33FN4S. The van der Waals surface area contributed by atoms with Gasteiger partial charge in [0, 0.05) is 18.8 Å². The minimum Gasteiger partial charge on any atom is -0.357 e. The smallest absolute Gasteiger partial charge is 0.191 e. The molecule has 1 heterocycles. The molecule has 0 aliphatic carbocycles. The number of unbranched alkanes of at least 4 members (excludes halogenated alkanes) is 1. The molecule has 0 spiro atoms. The zero-order valence-corrected chi connectivity index (χ0v) is 17.0. The normalized spacial score (nSPS) is 15.4. The number of benzene rings is 1. The predicted octanol–water partition coefficient (Wildman–Crippen LogP) is 3.62. The Labute approximate surface area is 162 Å². The summed E-state index contributed by atoms with van der Waals surface area (Å²) < 4.78 is 13.5. The van der Waals surface area contributed by atoms with Gasteiger partial charge >= 0.3 is 0 Å². The Morgan fingerprint density at radius 1 is 1.19 bits per heavy atom. The Balaban J connectivity index is 1.80. The van der Waals surface area contributed by atoms with Gasteiger partial charge in [0.1, 0.15) is 5.82 Å². The van der Waals surface area contributed by atoms with E-state index in [-0.39, 0.29) is 5.82 Å². The zero-order chi connectivity index (χ0) is 18.6. The third-order valence-corrected chi connectivity index (χ3v) is 5.21. The topological polar surface area (TPSA) is 39.7 Å². The summed E-state index contributed by atoms with van der Waals surface area (Å²) in [7, 11) is 0. The van der Waals surface area contributed by atoms with E-state index < -0.39 is 0 Å². The van der Waals surface area contributed by atoms with Crippen LogP contribution in [0.3, 0.4) is 0 Å². The Bertz CT molecular complexity index is 559.